The second-order valence-corrected chi connectivity index (χ2v) is 5.02. The molecule has 0 amide bonds. The van der Waals surface area contributed by atoms with Gasteiger partial charge in [-0.25, -0.2) is 0 Å². The minimum absolute atomic E-state index is 0.105. The third-order valence-corrected chi connectivity index (χ3v) is 4.04. The zero-order valence-corrected chi connectivity index (χ0v) is 10.8. The van der Waals surface area contributed by atoms with Crippen LogP contribution in [0.15, 0.2) is 18.3 Å². The first-order valence-corrected chi connectivity index (χ1v) is 6.48. The Morgan fingerprint density at radius 2 is 2.28 bits per heavy atom. The summed E-state index contributed by atoms with van der Waals surface area (Å²) in [4.78, 5) is 13.9. The molecule has 5 nitrogen and oxygen atoms in total. The number of nitro groups is 1. The number of nitrogens with zero attached hydrogens (tertiary/aromatic N) is 2. The van der Waals surface area contributed by atoms with Crippen LogP contribution in [-0.2, 0) is 0 Å². The average Bonchev–Trinajstić information content (AvgIpc) is 2.71. The van der Waals surface area contributed by atoms with Crippen LogP contribution in [0.4, 0.5) is 11.5 Å². The Bertz CT molecular complexity index is 419. The van der Waals surface area contributed by atoms with Crippen molar-refractivity contribution in [2.75, 3.05) is 5.32 Å². The summed E-state index contributed by atoms with van der Waals surface area (Å²) in [5.41, 5.74) is 0.870. The highest BCUT2D eigenvalue weighted by atomic mass is 16.6. The topological polar surface area (TPSA) is 68.1 Å². The van der Waals surface area contributed by atoms with Crippen LogP contribution in [0.25, 0.3) is 0 Å². The molecule has 1 fully saturated rings. The number of anilines is 1. The molecule has 0 radical (unpaired) electrons. The van der Waals surface area contributed by atoms with Crippen molar-refractivity contribution in [3.05, 3.63) is 28.4 Å². The van der Waals surface area contributed by atoms with Crippen LogP contribution in [0, 0.1) is 22.0 Å². The summed E-state index contributed by atoms with van der Waals surface area (Å²) >= 11 is 0. The fourth-order valence-electron chi connectivity index (χ4n) is 2.82. The number of aromatic nitrogens is 1. The Hall–Kier alpha value is -1.65. The maximum atomic E-state index is 10.5. The minimum atomic E-state index is -0.477. The van der Waals surface area contributed by atoms with Gasteiger partial charge in [-0.3, -0.25) is 0 Å². The smallest absolute Gasteiger partial charge is 0.363 e. The minimum Gasteiger partial charge on any atom is -0.379 e. The van der Waals surface area contributed by atoms with Gasteiger partial charge >= 0.3 is 5.82 Å². The van der Waals surface area contributed by atoms with Gasteiger partial charge in [0.05, 0.1) is 5.69 Å². The molecule has 1 aromatic heterocycles. The molecule has 0 aromatic carbocycles. The average molecular weight is 249 g/mol. The summed E-state index contributed by atoms with van der Waals surface area (Å²) in [6.07, 6.45) is 5.19. The highest BCUT2D eigenvalue weighted by Crippen LogP contribution is 2.35. The van der Waals surface area contributed by atoms with Crippen LogP contribution < -0.4 is 5.32 Å². The Morgan fingerprint density at radius 1 is 1.50 bits per heavy atom. The predicted octanol–water partition coefficient (Wildman–Crippen LogP) is 3.23. The normalized spacial score (nSPS) is 27.1. The lowest BCUT2D eigenvalue weighted by Gasteiger charge is -2.21. The molecule has 98 valence electrons. The number of hydrogen-bond donors (Lipinski definition) is 1. The molecule has 0 spiro atoms. The first-order valence-electron chi connectivity index (χ1n) is 6.48. The first kappa shape index (κ1) is 12.8. The fraction of sp³-hybridized carbons (Fsp3) is 0.615. The first-order chi connectivity index (χ1) is 8.61. The summed E-state index contributed by atoms with van der Waals surface area (Å²) in [7, 11) is 0. The Kier molecular flexibility index (Phi) is 3.79. The number of nitrogens with one attached hydrogen (secondary N) is 1. The highest BCUT2D eigenvalue weighted by molar-refractivity contribution is 5.44. The molecule has 1 aliphatic carbocycles. The van der Waals surface area contributed by atoms with E-state index in [4.69, 9.17) is 0 Å². The zero-order valence-electron chi connectivity index (χ0n) is 10.8. The van der Waals surface area contributed by atoms with E-state index in [0.29, 0.717) is 12.0 Å². The Morgan fingerprint density at radius 3 is 2.78 bits per heavy atom. The van der Waals surface area contributed by atoms with Crippen molar-refractivity contribution in [2.24, 2.45) is 11.8 Å². The molecule has 0 bridgehead atoms. The van der Waals surface area contributed by atoms with Crippen molar-refractivity contribution in [1.82, 2.24) is 4.98 Å². The van der Waals surface area contributed by atoms with Gasteiger partial charge in [0.15, 0.2) is 6.20 Å². The van der Waals surface area contributed by atoms with Crippen molar-refractivity contribution in [2.45, 2.75) is 39.2 Å². The molecule has 5 heteroatoms. The van der Waals surface area contributed by atoms with E-state index in [-0.39, 0.29) is 5.82 Å². The van der Waals surface area contributed by atoms with Crippen molar-refractivity contribution in [1.29, 1.82) is 0 Å². The molecule has 1 heterocycles. The van der Waals surface area contributed by atoms with E-state index in [1.54, 1.807) is 12.3 Å². The Balaban J connectivity index is 2.00. The van der Waals surface area contributed by atoms with Crippen LogP contribution in [0.5, 0.6) is 0 Å². The van der Waals surface area contributed by atoms with Crippen molar-refractivity contribution in [3.8, 4) is 0 Å². The molecule has 1 N–H and O–H groups in total. The van der Waals surface area contributed by atoms with Crippen molar-refractivity contribution >= 4 is 11.5 Å². The zero-order chi connectivity index (χ0) is 13.1. The number of pyridine rings is 1. The summed E-state index contributed by atoms with van der Waals surface area (Å²) in [5.74, 6) is 1.32. The molecule has 0 saturated heterocycles. The van der Waals surface area contributed by atoms with E-state index in [2.05, 4.69) is 24.1 Å². The molecule has 1 saturated carbocycles. The standard InChI is InChI=1S/C13H19N3O2/c1-3-10-4-6-12(9(10)2)15-11-5-7-13(14-8-11)16(17)18/h5,7-10,12,15H,3-4,6H2,1-2H3. The van der Waals surface area contributed by atoms with Crippen LogP contribution in [0.3, 0.4) is 0 Å². The van der Waals surface area contributed by atoms with Gasteiger partial charge in [0.1, 0.15) is 0 Å². The van der Waals surface area contributed by atoms with E-state index in [0.717, 1.165) is 18.0 Å². The van der Waals surface area contributed by atoms with Crippen molar-refractivity contribution in [3.63, 3.8) is 0 Å². The molecule has 3 unspecified atom stereocenters. The van der Waals surface area contributed by atoms with E-state index >= 15 is 0 Å². The molecule has 1 aromatic rings. The number of hydrogen-bond acceptors (Lipinski definition) is 4. The molecule has 1 aliphatic rings. The molecule has 2 rings (SSSR count). The van der Waals surface area contributed by atoms with E-state index in [1.165, 1.54) is 18.9 Å². The summed E-state index contributed by atoms with van der Waals surface area (Å²) < 4.78 is 0. The second kappa shape index (κ2) is 5.33. The Labute approximate surface area is 107 Å². The van der Waals surface area contributed by atoms with E-state index in [9.17, 15) is 10.1 Å². The van der Waals surface area contributed by atoms with E-state index in [1.807, 2.05) is 0 Å². The quantitative estimate of drug-likeness (QED) is 0.657. The maximum absolute atomic E-state index is 10.5. The second-order valence-electron chi connectivity index (χ2n) is 5.02. The molecule has 3 atom stereocenters. The van der Waals surface area contributed by atoms with Crippen LogP contribution in [0.2, 0.25) is 0 Å². The van der Waals surface area contributed by atoms with Crippen LogP contribution in [-0.4, -0.2) is 15.9 Å². The van der Waals surface area contributed by atoms with Gasteiger partial charge in [0.2, 0.25) is 0 Å². The third kappa shape index (κ3) is 2.60. The molecule has 18 heavy (non-hydrogen) atoms. The van der Waals surface area contributed by atoms with Gasteiger partial charge in [-0.05, 0) is 40.7 Å². The fourth-order valence-corrected chi connectivity index (χ4v) is 2.82. The number of rotatable bonds is 4. The van der Waals surface area contributed by atoms with Crippen LogP contribution in [0.1, 0.15) is 33.1 Å². The maximum Gasteiger partial charge on any atom is 0.363 e. The van der Waals surface area contributed by atoms with Crippen molar-refractivity contribution < 1.29 is 4.92 Å². The lowest BCUT2D eigenvalue weighted by atomic mass is 9.93. The van der Waals surface area contributed by atoms with Gasteiger partial charge in [0, 0.05) is 12.1 Å². The van der Waals surface area contributed by atoms with Gasteiger partial charge in [-0.1, -0.05) is 20.3 Å². The van der Waals surface area contributed by atoms with E-state index < -0.39 is 4.92 Å². The molecular formula is C13H19N3O2. The molecule has 0 aliphatic heterocycles. The molecular weight excluding hydrogens is 230 g/mol. The summed E-state index contributed by atoms with van der Waals surface area (Å²) in [6.45, 7) is 4.51. The lowest BCUT2D eigenvalue weighted by molar-refractivity contribution is -0.389. The van der Waals surface area contributed by atoms with Crippen LogP contribution >= 0.6 is 0 Å². The largest absolute Gasteiger partial charge is 0.379 e. The monoisotopic (exact) mass is 249 g/mol. The lowest BCUT2D eigenvalue weighted by Crippen LogP contribution is -2.24. The predicted molar refractivity (Wildman–Crippen MR) is 70.5 cm³/mol. The summed E-state index contributed by atoms with van der Waals surface area (Å²) in [5, 5.41) is 13.9. The van der Waals surface area contributed by atoms with Gasteiger partial charge in [0.25, 0.3) is 0 Å². The highest BCUT2D eigenvalue weighted by Gasteiger charge is 2.31. The summed E-state index contributed by atoms with van der Waals surface area (Å²) in [6, 6.07) is 3.63. The van der Waals surface area contributed by atoms with Gasteiger partial charge in [-0.2, -0.15) is 0 Å². The SMILES string of the molecule is CCC1CCC(Nc2ccc([N+](=O)[O-])nc2)C1C. The van der Waals surface area contributed by atoms with Gasteiger partial charge in [-0.15, -0.1) is 0 Å². The third-order valence-electron chi connectivity index (χ3n) is 4.04. The van der Waals surface area contributed by atoms with Gasteiger partial charge < -0.3 is 15.4 Å².